The molecule has 18 heavy (non-hydrogen) atoms. The average Bonchev–Trinajstić information content (AvgIpc) is 2.92. The number of nitrogens with zero attached hydrogens (tertiary/aromatic N) is 2. The maximum Gasteiger partial charge on any atom is 0.251 e. The van der Waals surface area contributed by atoms with E-state index in [4.69, 9.17) is 5.26 Å². The van der Waals surface area contributed by atoms with Gasteiger partial charge in [-0.15, -0.1) is 11.3 Å². The quantitative estimate of drug-likeness (QED) is 0.910. The predicted molar refractivity (Wildman–Crippen MR) is 69.3 cm³/mol. The molecule has 4 nitrogen and oxygen atoms in total. The zero-order valence-corrected chi connectivity index (χ0v) is 10.4. The molecule has 0 unspecified atom stereocenters. The summed E-state index contributed by atoms with van der Waals surface area (Å²) in [6.07, 6.45) is 2.49. The van der Waals surface area contributed by atoms with Crippen molar-refractivity contribution < 1.29 is 4.79 Å². The first-order chi connectivity index (χ1) is 8.79. The Labute approximate surface area is 109 Å². The third kappa shape index (κ3) is 3.15. The van der Waals surface area contributed by atoms with Gasteiger partial charge in [0.2, 0.25) is 0 Å². The summed E-state index contributed by atoms with van der Waals surface area (Å²) in [6.45, 7) is 0.562. The molecule has 0 aliphatic rings. The van der Waals surface area contributed by atoms with Gasteiger partial charge in [0.25, 0.3) is 5.91 Å². The van der Waals surface area contributed by atoms with Gasteiger partial charge in [-0.2, -0.15) is 5.26 Å². The van der Waals surface area contributed by atoms with E-state index in [0.717, 1.165) is 11.4 Å². The summed E-state index contributed by atoms with van der Waals surface area (Å²) in [4.78, 5) is 15.9. The summed E-state index contributed by atoms with van der Waals surface area (Å²) in [5.74, 6) is -0.129. The molecule has 1 aromatic heterocycles. The minimum absolute atomic E-state index is 0.129. The molecule has 0 aliphatic heterocycles. The lowest BCUT2D eigenvalue weighted by molar-refractivity contribution is 0.0954. The van der Waals surface area contributed by atoms with Gasteiger partial charge in [0.1, 0.15) is 0 Å². The van der Waals surface area contributed by atoms with Crippen LogP contribution in [-0.4, -0.2) is 17.4 Å². The van der Waals surface area contributed by atoms with Crippen molar-refractivity contribution in [2.45, 2.75) is 6.42 Å². The van der Waals surface area contributed by atoms with E-state index in [2.05, 4.69) is 10.3 Å². The van der Waals surface area contributed by atoms with E-state index in [1.165, 1.54) is 0 Å². The van der Waals surface area contributed by atoms with Crippen LogP contribution in [-0.2, 0) is 6.42 Å². The van der Waals surface area contributed by atoms with Crippen LogP contribution < -0.4 is 5.32 Å². The molecule has 1 aromatic carbocycles. The number of amides is 1. The van der Waals surface area contributed by atoms with Crippen LogP contribution in [0.5, 0.6) is 0 Å². The third-order valence-corrected chi connectivity index (χ3v) is 3.22. The van der Waals surface area contributed by atoms with Gasteiger partial charge in [-0.05, 0) is 24.3 Å². The first-order valence-electron chi connectivity index (χ1n) is 5.46. The van der Waals surface area contributed by atoms with Crippen molar-refractivity contribution in [3.05, 3.63) is 52.0 Å². The smallest absolute Gasteiger partial charge is 0.251 e. The molecule has 1 N–H and O–H groups in total. The minimum atomic E-state index is -0.129. The van der Waals surface area contributed by atoms with E-state index in [9.17, 15) is 4.79 Å². The highest BCUT2D eigenvalue weighted by atomic mass is 32.1. The normalized spacial score (nSPS) is 9.72. The van der Waals surface area contributed by atoms with Crippen molar-refractivity contribution >= 4 is 17.2 Å². The molecule has 0 aliphatic carbocycles. The first kappa shape index (κ1) is 12.3. The Kier molecular flexibility index (Phi) is 4.05. The lowest BCUT2D eigenvalue weighted by Crippen LogP contribution is -2.25. The summed E-state index contributed by atoms with van der Waals surface area (Å²) in [5, 5.41) is 14.4. The number of aromatic nitrogens is 1. The Morgan fingerprint density at radius 3 is 2.78 bits per heavy atom. The molecule has 90 valence electrons. The molecule has 2 aromatic rings. The molecule has 0 spiro atoms. The molecule has 0 atom stereocenters. The zero-order chi connectivity index (χ0) is 12.8. The average molecular weight is 257 g/mol. The number of benzene rings is 1. The second-order valence-corrected chi connectivity index (χ2v) is 4.60. The maximum atomic E-state index is 11.8. The standard InChI is InChI=1S/C13H11N3OS/c14-9-10-1-3-11(4-2-10)13(17)16-6-5-12-15-7-8-18-12/h1-4,7-8H,5-6H2,(H,16,17). The number of carbonyl (C=O) groups is 1. The topological polar surface area (TPSA) is 65.8 Å². The number of thiazole rings is 1. The highest BCUT2D eigenvalue weighted by molar-refractivity contribution is 7.09. The minimum Gasteiger partial charge on any atom is -0.352 e. The molecule has 0 radical (unpaired) electrons. The fourth-order valence-corrected chi connectivity index (χ4v) is 2.08. The van der Waals surface area contributed by atoms with E-state index in [1.54, 1.807) is 41.8 Å². The predicted octanol–water partition coefficient (Wildman–Crippen LogP) is 1.99. The summed E-state index contributed by atoms with van der Waals surface area (Å²) in [5.41, 5.74) is 1.11. The summed E-state index contributed by atoms with van der Waals surface area (Å²) < 4.78 is 0. The van der Waals surface area contributed by atoms with Crippen molar-refractivity contribution in [2.75, 3.05) is 6.54 Å². The molecule has 2 rings (SSSR count). The number of hydrogen-bond acceptors (Lipinski definition) is 4. The van der Waals surface area contributed by atoms with E-state index >= 15 is 0 Å². The molecule has 0 fully saturated rings. The van der Waals surface area contributed by atoms with Gasteiger partial charge in [0.05, 0.1) is 16.6 Å². The lowest BCUT2D eigenvalue weighted by Gasteiger charge is -2.03. The van der Waals surface area contributed by atoms with E-state index in [-0.39, 0.29) is 5.91 Å². The van der Waals surface area contributed by atoms with Crippen LogP contribution in [0.15, 0.2) is 35.8 Å². The molecule has 0 saturated carbocycles. The highest BCUT2D eigenvalue weighted by Gasteiger charge is 2.05. The van der Waals surface area contributed by atoms with Crippen LogP contribution in [0.2, 0.25) is 0 Å². The fraction of sp³-hybridized carbons (Fsp3) is 0.154. The Balaban J connectivity index is 1.86. The molecule has 0 bridgehead atoms. The number of nitrogens with one attached hydrogen (secondary N) is 1. The summed E-state index contributed by atoms with van der Waals surface area (Å²) in [6, 6.07) is 8.59. The number of hydrogen-bond donors (Lipinski definition) is 1. The van der Waals surface area contributed by atoms with Crippen molar-refractivity contribution in [2.24, 2.45) is 0 Å². The van der Waals surface area contributed by atoms with Crippen LogP contribution in [0, 0.1) is 11.3 Å². The maximum absolute atomic E-state index is 11.8. The Morgan fingerprint density at radius 1 is 1.39 bits per heavy atom. The number of rotatable bonds is 4. The van der Waals surface area contributed by atoms with Gasteiger partial charge in [-0.25, -0.2) is 4.98 Å². The van der Waals surface area contributed by atoms with Crippen molar-refractivity contribution in [3.63, 3.8) is 0 Å². The van der Waals surface area contributed by atoms with Crippen LogP contribution in [0.1, 0.15) is 20.9 Å². The van der Waals surface area contributed by atoms with Crippen molar-refractivity contribution in [3.8, 4) is 6.07 Å². The number of nitriles is 1. The first-order valence-corrected chi connectivity index (χ1v) is 6.34. The van der Waals surface area contributed by atoms with E-state index in [1.807, 2.05) is 11.4 Å². The monoisotopic (exact) mass is 257 g/mol. The largest absolute Gasteiger partial charge is 0.352 e. The second kappa shape index (κ2) is 5.94. The molecular weight excluding hydrogens is 246 g/mol. The lowest BCUT2D eigenvalue weighted by atomic mass is 10.1. The van der Waals surface area contributed by atoms with Gasteiger partial charge in [0.15, 0.2) is 0 Å². The molecule has 1 amide bonds. The second-order valence-electron chi connectivity index (χ2n) is 3.62. The van der Waals surface area contributed by atoms with E-state index < -0.39 is 0 Å². The molecule has 0 saturated heterocycles. The van der Waals surface area contributed by atoms with Gasteiger partial charge in [0, 0.05) is 30.1 Å². The summed E-state index contributed by atoms with van der Waals surface area (Å²) >= 11 is 1.58. The van der Waals surface area contributed by atoms with Crippen LogP contribution >= 0.6 is 11.3 Å². The van der Waals surface area contributed by atoms with Crippen LogP contribution in [0.4, 0.5) is 0 Å². The highest BCUT2D eigenvalue weighted by Crippen LogP contribution is 2.05. The fourth-order valence-electron chi connectivity index (χ4n) is 1.46. The summed E-state index contributed by atoms with van der Waals surface area (Å²) in [7, 11) is 0. The van der Waals surface area contributed by atoms with E-state index in [0.29, 0.717) is 17.7 Å². The Hall–Kier alpha value is -2.19. The Bertz CT molecular complexity index is 555. The van der Waals surface area contributed by atoms with Crippen LogP contribution in [0.25, 0.3) is 0 Å². The molecule has 5 heteroatoms. The van der Waals surface area contributed by atoms with Crippen LogP contribution in [0.3, 0.4) is 0 Å². The van der Waals surface area contributed by atoms with Gasteiger partial charge in [-0.3, -0.25) is 4.79 Å². The van der Waals surface area contributed by atoms with Gasteiger partial charge < -0.3 is 5.32 Å². The van der Waals surface area contributed by atoms with Gasteiger partial charge in [-0.1, -0.05) is 0 Å². The molecular formula is C13H11N3OS. The number of carbonyl (C=O) groups excluding carboxylic acids is 1. The van der Waals surface area contributed by atoms with Gasteiger partial charge >= 0.3 is 0 Å². The SMILES string of the molecule is N#Cc1ccc(C(=O)NCCc2nccs2)cc1. The zero-order valence-electron chi connectivity index (χ0n) is 9.59. The molecule has 1 heterocycles. The van der Waals surface area contributed by atoms with Crippen molar-refractivity contribution in [1.29, 1.82) is 5.26 Å². The third-order valence-electron chi connectivity index (χ3n) is 2.38. The van der Waals surface area contributed by atoms with Crippen molar-refractivity contribution in [1.82, 2.24) is 10.3 Å². The Morgan fingerprint density at radius 2 is 2.17 bits per heavy atom.